The lowest BCUT2D eigenvalue weighted by atomic mass is 10.1. The Kier molecular flexibility index (Phi) is 6.21. The van der Waals surface area contributed by atoms with E-state index in [1.165, 1.54) is 0 Å². The van der Waals surface area contributed by atoms with E-state index >= 15 is 0 Å². The number of benzene rings is 1. The van der Waals surface area contributed by atoms with E-state index in [4.69, 9.17) is 4.79 Å². The van der Waals surface area contributed by atoms with E-state index < -0.39 is 0 Å². The Balaban J connectivity index is 0.000000806. The lowest BCUT2D eigenvalue weighted by molar-refractivity contribution is -0.106. The molecule has 0 aliphatic carbocycles. The zero-order chi connectivity index (χ0) is 21.7. The summed E-state index contributed by atoms with van der Waals surface area (Å²) in [5.41, 5.74) is 7.99. The van der Waals surface area contributed by atoms with Crippen LogP contribution >= 0.6 is 0 Å². The quantitative estimate of drug-likeness (QED) is 0.503. The zero-order valence-electron chi connectivity index (χ0n) is 17.0. The van der Waals surface area contributed by atoms with Crippen molar-refractivity contribution in [1.82, 2.24) is 29.7 Å². The van der Waals surface area contributed by atoms with Gasteiger partial charge in [-0.05, 0) is 26.0 Å². The van der Waals surface area contributed by atoms with Crippen LogP contribution in [0.3, 0.4) is 0 Å². The van der Waals surface area contributed by atoms with Crippen LogP contribution in [-0.4, -0.2) is 42.7 Å². The van der Waals surface area contributed by atoms with Crippen molar-refractivity contribution in [2.75, 3.05) is 0 Å². The number of fused-ring (bicyclic) bond motifs is 1. The number of amides is 2. The van der Waals surface area contributed by atoms with Gasteiger partial charge >= 0.3 is 0 Å². The van der Waals surface area contributed by atoms with Crippen molar-refractivity contribution in [3.8, 4) is 22.6 Å². The monoisotopic (exact) mass is 405 g/mol. The average molecular weight is 405 g/mol. The first-order valence-electron chi connectivity index (χ1n) is 9.35. The van der Waals surface area contributed by atoms with E-state index in [0.29, 0.717) is 17.0 Å². The molecule has 0 aliphatic rings. The van der Waals surface area contributed by atoms with Gasteiger partial charge in [-0.2, -0.15) is 5.10 Å². The second-order valence-electron chi connectivity index (χ2n) is 6.81. The number of carbonyl (C=O) groups is 2. The normalized spacial score (nSPS) is 10.5. The molecule has 0 radical (unpaired) electrons. The Morgan fingerprint density at radius 2 is 1.87 bits per heavy atom. The van der Waals surface area contributed by atoms with Crippen LogP contribution in [0.2, 0.25) is 0 Å². The Labute approximate surface area is 173 Å². The van der Waals surface area contributed by atoms with Crippen molar-refractivity contribution in [1.29, 1.82) is 0 Å². The SMILES string of the molecule is CC(C)NC(=O)c1cnn(C)c1-c1ccn2nc(-c3ccccc3)nc2c1.NC=O. The summed E-state index contributed by atoms with van der Waals surface area (Å²) < 4.78 is 3.44. The minimum absolute atomic E-state index is 0.0537. The smallest absolute Gasteiger partial charge is 0.255 e. The summed E-state index contributed by atoms with van der Waals surface area (Å²) in [4.78, 5) is 25.7. The molecule has 9 nitrogen and oxygen atoms in total. The third-order valence-corrected chi connectivity index (χ3v) is 4.25. The average Bonchev–Trinajstić information content (AvgIpc) is 3.31. The van der Waals surface area contributed by atoms with Crippen molar-refractivity contribution in [2.24, 2.45) is 12.8 Å². The summed E-state index contributed by atoms with van der Waals surface area (Å²) in [5.74, 6) is 0.523. The molecular weight excluding hydrogens is 382 g/mol. The number of hydrogen-bond donors (Lipinski definition) is 2. The molecule has 0 bridgehead atoms. The van der Waals surface area contributed by atoms with Gasteiger partial charge in [-0.25, -0.2) is 9.50 Å². The van der Waals surface area contributed by atoms with Gasteiger partial charge in [-0.1, -0.05) is 30.3 Å². The zero-order valence-corrected chi connectivity index (χ0v) is 17.0. The minimum atomic E-state index is -0.139. The molecule has 154 valence electrons. The molecule has 4 aromatic rings. The number of pyridine rings is 1. The third kappa shape index (κ3) is 4.35. The van der Waals surface area contributed by atoms with Crippen LogP contribution in [0.1, 0.15) is 24.2 Å². The number of rotatable bonds is 4. The molecule has 3 heterocycles. The predicted molar refractivity (Wildman–Crippen MR) is 113 cm³/mol. The van der Waals surface area contributed by atoms with Gasteiger partial charge in [0.15, 0.2) is 11.5 Å². The first-order valence-corrected chi connectivity index (χ1v) is 9.35. The Morgan fingerprint density at radius 1 is 1.17 bits per heavy atom. The highest BCUT2D eigenvalue weighted by Crippen LogP contribution is 2.25. The van der Waals surface area contributed by atoms with Gasteiger partial charge in [0.25, 0.3) is 5.91 Å². The van der Waals surface area contributed by atoms with E-state index in [-0.39, 0.29) is 18.4 Å². The number of nitrogens with one attached hydrogen (secondary N) is 1. The summed E-state index contributed by atoms with van der Waals surface area (Å²) in [6.45, 7) is 3.86. The van der Waals surface area contributed by atoms with Crippen molar-refractivity contribution < 1.29 is 9.59 Å². The maximum absolute atomic E-state index is 12.5. The summed E-state index contributed by atoms with van der Waals surface area (Å²) in [7, 11) is 1.82. The number of aromatic nitrogens is 5. The molecule has 30 heavy (non-hydrogen) atoms. The lowest BCUT2D eigenvalue weighted by Crippen LogP contribution is -2.30. The molecule has 0 saturated carbocycles. The van der Waals surface area contributed by atoms with Crippen LogP contribution < -0.4 is 11.1 Å². The fourth-order valence-corrected chi connectivity index (χ4v) is 3.02. The van der Waals surface area contributed by atoms with E-state index in [0.717, 1.165) is 16.8 Å². The molecule has 2 amide bonds. The first-order chi connectivity index (χ1) is 14.4. The van der Waals surface area contributed by atoms with Gasteiger partial charge in [0.05, 0.1) is 17.5 Å². The molecule has 9 heteroatoms. The second kappa shape index (κ2) is 8.99. The molecular formula is C21H23N7O2. The maximum Gasteiger partial charge on any atom is 0.255 e. The third-order valence-electron chi connectivity index (χ3n) is 4.25. The molecule has 0 fully saturated rings. The minimum Gasteiger partial charge on any atom is -0.372 e. The van der Waals surface area contributed by atoms with Crippen molar-refractivity contribution >= 4 is 18.0 Å². The Hall–Kier alpha value is -4.01. The van der Waals surface area contributed by atoms with Gasteiger partial charge in [-0.15, -0.1) is 5.10 Å². The standard InChI is InChI=1S/C20H20N6O.CH3NO/c1-13(2)22-20(27)16-12-21-25(3)18(16)15-9-10-26-17(11-15)23-19(24-26)14-7-5-4-6-8-14;2-1-3/h4-13H,1-3H3,(H,22,27);1H,(H2,2,3). The van der Waals surface area contributed by atoms with Gasteiger partial charge < -0.3 is 11.1 Å². The highest BCUT2D eigenvalue weighted by atomic mass is 16.1. The number of hydrogen-bond acceptors (Lipinski definition) is 5. The number of aryl methyl sites for hydroxylation is 1. The van der Waals surface area contributed by atoms with Crippen molar-refractivity contribution in [2.45, 2.75) is 19.9 Å². The highest BCUT2D eigenvalue weighted by Gasteiger charge is 2.19. The summed E-state index contributed by atoms with van der Waals surface area (Å²) in [6.07, 6.45) is 3.69. The number of nitrogens with two attached hydrogens (primary N) is 1. The first kappa shape index (κ1) is 20.7. The summed E-state index contributed by atoms with van der Waals surface area (Å²) in [5, 5.41) is 11.7. The van der Waals surface area contributed by atoms with Gasteiger partial charge in [0.2, 0.25) is 6.41 Å². The molecule has 1 aromatic carbocycles. The molecule has 0 saturated heterocycles. The van der Waals surface area contributed by atoms with Gasteiger partial charge in [0.1, 0.15) is 0 Å². The number of primary amides is 1. The van der Waals surface area contributed by atoms with Crippen LogP contribution in [0, 0.1) is 0 Å². The van der Waals surface area contributed by atoms with Crippen molar-refractivity contribution in [3.05, 3.63) is 60.4 Å². The molecule has 0 aliphatic heterocycles. The van der Waals surface area contributed by atoms with Crippen LogP contribution in [0.5, 0.6) is 0 Å². The van der Waals surface area contributed by atoms with Crippen molar-refractivity contribution in [3.63, 3.8) is 0 Å². The molecule has 3 N–H and O–H groups in total. The van der Waals surface area contributed by atoms with Crippen LogP contribution in [0.25, 0.3) is 28.3 Å². The van der Waals surface area contributed by atoms with Crippen LogP contribution in [0.15, 0.2) is 54.9 Å². The topological polar surface area (TPSA) is 120 Å². The van der Waals surface area contributed by atoms with Crippen LogP contribution in [-0.2, 0) is 11.8 Å². The Morgan fingerprint density at radius 3 is 2.53 bits per heavy atom. The van der Waals surface area contributed by atoms with E-state index in [1.807, 2.05) is 69.6 Å². The fourth-order valence-electron chi connectivity index (χ4n) is 3.02. The van der Waals surface area contributed by atoms with E-state index in [1.54, 1.807) is 15.4 Å². The lowest BCUT2D eigenvalue weighted by Gasteiger charge is -2.10. The predicted octanol–water partition coefficient (Wildman–Crippen LogP) is 2.04. The second-order valence-corrected chi connectivity index (χ2v) is 6.81. The number of nitrogens with zero attached hydrogens (tertiary/aromatic N) is 5. The molecule has 0 unspecified atom stereocenters. The molecule has 3 aromatic heterocycles. The molecule has 0 atom stereocenters. The number of carbonyl (C=O) groups excluding carboxylic acids is 2. The maximum atomic E-state index is 12.5. The molecule has 0 spiro atoms. The Bertz CT molecular complexity index is 1160. The molecule has 4 rings (SSSR count). The highest BCUT2D eigenvalue weighted by molar-refractivity contribution is 6.00. The van der Waals surface area contributed by atoms with Gasteiger partial charge in [-0.3, -0.25) is 14.3 Å². The van der Waals surface area contributed by atoms with Crippen LogP contribution in [0.4, 0.5) is 0 Å². The fraction of sp³-hybridized carbons (Fsp3) is 0.190. The summed E-state index contributed by atoms with van der Waals surface area (Å²) >= 11 is 0. The van der Waals surface area contributed by atoms with E-state index in [2.05, 4.69) is 26.2 Å². The van der Waals surface area contributed by atoms with E-state index in [9.17, 15) is 4.79 Å². The largest absolute Gasteiger partial charge is 0.372 e. The van der Waals surface area contributed by atoms with Gasteiger partial charge in [0, 0.05) is 30.4 Å². The summed E-state index contributed by atoms with van der Waals surface area (Å²) in [6, 6.07) is 13.7.